The number of aromatic nitrogens is 2. The van der Waals surface area contributed by atoms with Crippen LogP contribution < -0.4 is 4.74 Å². The smallest absolute Gasteiger partial charge is 0.138 e. The molecule has 1 aromatic heterocycles. The van der Waals surface area contributed by atoms with Gasteiger partial charge in [0.1, 0.15) is 11.5 Å². The van der Waals surface area contributed by atoms with Crippen molar-refractivity contribution in [1.29, 1.82) is 0 Å². The highest BCUT2D eigenvalue weighted by Gasteiger charge is 2.10. The molecule has 0 N–H and O–H groups in total. The van der Waals surface area contributed by atoms with Crippen molar-refractivity contribution >= 4 is 11.6 Å². The lowest BCUT2D eigenvalue weighted by Gasteiger charge is -2.11. The zero-order valence-electron chi connectivity index (χ0n) is 12.9. The number of halogens is 1. The maximum atomic E-state index is 6.12. The third kappa shape index (κ3) is 3.88. The number of hydrogen-bond acceptors (Lipinski definition) is 3. The van der Waals surface area contributed by atoms with Crippen molar-refractivity contribution in [3.05, 3.63) is 71.6 Å². The fourth-order valence-corrected chi connectivity index (χ4v) is 2.45. The minimum Gasteiger partial charge on any atom is -0.457 e. The molecule has 3 nitrogen and oxygen atoms in total. The number of para-hydroxylation sites is 1. The third-order valence-electron chi connectivity index (χ3n) is 3.40. The molecule has 0 aliphatic rings. The highest BCUT2D eigenvalue weighted by Crippen LogP contribution is 2.34. The van der Waals surface area contributed by atoms with Crippen molar-refractivity contribution in [2.24, 2.45) is 0 Å². The predicted molar refractivity (Wildman–Crippen MR) is 93.0 cm³/mol. The van der Waals surface area contributed by atoms with Crippen LogP contribution in [0, 0.1) is 0 Å². The number of aryl methyl sites for hydroxylation is 1. The summed E-state index contributed by atoms with van der Waals surface area (Å²) in [5, 5.41) is 0.621. The molecule has 23 heavy (non-hydrogen) atoms. The number of hydrogen-bond donors (Lipinski definition) is 0. The molecule has 2 aromatic carbocycles. The zero-order valence-corrected chi connectivity index (χ0v) is 13.6. The lowest BCUT2D eigenvalue weighted by molar-refractivity contribution is 0.484. The molecule has 3 aromatic rings. The largest absolute Gasteiger partial charge is 0.457 e. The van der Waals surface area contributed by atoms with Crippen LogP contribution in [0.2, 0.25) is 5.02 Å². The molecule has 0 saturated heterocycles. The van der Waals surface area contributed by atoms with E-state index in [0.29, 0.717) is 10.8 Å². The lowest BCUT2D eigenvalue weighted by atomic mass is 10.1. The summed E-state index contributed by atoms with van der Waals surface area (Å²) in [6.07, 6.45) is 5.59. The summed E-state index contributed by atoms with van der Waals surface area (Å²) in [5.74, 6) is 1.42. The first-order chi connectivity index (χ1) is 11.3. The highest BCUT2D eigenvalue weighted by molar-refractivity contribution is 6.30. The minimum atomic E-state index is 0.621. The normalized spacial score (nSPS) is 10.5. The van der Waals surface area contributed by atoms with Gasteiger partial charge in [0.15, 0.2) is 0 Å². The van der Waals surface area contributed by atoms with Crippen molar-refractivity contribution in [2.75, 3.05) is 0 Å². The molecule has 3 rings (SSSR count). The summed E-state index contributed by atoms with van der Waals surface area (Å²) < 4.78 is 5.97. The molecule has 0 fully saturated rings. The Morgan fingerprint density at radius 2 is 1.83 bits per heavy atom. The average Bonchev–Trinajstić information content (AvgIpc) is 2.57. The van der Waals surface area contributed by atoms with E-state index in [1.807, 2.05) is 48.7 Å². The van der Waals surface area contributed by atoms with Gasteiger partial charge in [-0.1, -0.05) is 43.1 Å². The maximum Gasteiger partial charge on any atom is 0.138 e. The zero-order chi connectivity index (χ0) is 16.1. The number of benzene rings is 2. The van der Waals surface area contributed by atoms with Crippen molar-refractivity contribution in [3.63, 3.8) is 0 Å². The Labute approximate surface area is 140 Å². The second-order valence-electron chi connectivity index (χ2n) is 5.20. The first-order valence-electron chi connectivity index (χ1n) is 7.60. The fraction of sp³-hybridized carbons (Fsp3) is 0.158. The highest BCUT2D eigenvalue weighted by atomic mass is 35.5. The van der Waals surface area contributed by atoms with Gasteiger partial charge in [0.25, 0.3) is 0 Å². The molecule has 0 bridgehead atoms. The van der Waals surface area contributed by atoms with E-state index in [1.165, 1.54) is 0 Å². The minimum absolute atomic E-state index is 0.621. The van der Waals surface area contributed by atoms with Gasteiger partial charge in [-0.05, 0) is 30.7 Å². The van der Waals surface area contributed by atoms with Crippen LogP contribution in [-0.2, 0) is 6.42 Å². The molecule has 0 radical (unpaired) electrons. The van der Waals surface area contributed by atoms with Gasteiger partial charge in [-0.25, -0.2) is 0 Å². The van der Waals surface area contributed by atoms with Gasteiger partial charge < -0.3 is 4.74 Å². The molecule has 0 aliphatic heterocycles. The van der Waals surface area contributed by atoms with Gasteiger partial charge >= 0.3 is 0 Å². The van der Waals surface area contributed by atoms with Crippen LogP contribution in [0.3, 0.4) is 0 Å². The molecule has 4 heteroatoms. The van der Waals surface area contributed by atoms with Gasteiger partial charge in [-0.2, -0.15) is 0 Å². The molecule has 0 unspecified atom stereocenters. The summed E-state index contributed by atoms with van der Waals surface area (Å²) in [6, 6.07) is 15.1. The quantitative estimate of drug-likeness (QED) is 0.618. The van der Waals surface area contributed by atoms with Crippen LogP contribution >= 0.6 is 11.6 Å². The van der Waals surface area contributed by atoms with Crippen LogP contribution in [0.25, 0.3) is 11.3 Å². The van der Waals surface area contributed by atoms with Gasteiger partial charge in [0.2, 0.25) is 0 Å². The molecule has 0 spiro atoms. The fourth-order valence-electron chi connectivity index (χ4n) is 2.29. The summed E-state index contributed by atoms with van der Waals surface area (Å²) in [4.78, 5) is 8.98. The Balaban J connectivity index is 1.95. The maximum absolute atomic E-state index is 6.12. The Morgan fingerprint density at radius 1 is 1.00 bits per heavy atom. The Morgan fingerprint density at radius 3 is 2.52 bits per heavy atom. The summed E-state index contributed by atoms with van der Waals surface area (Å²) in [6.45, 7) is 2.13. The summed E-state index contributed by atoms with van der Waals surface area (Å²) >= 11 is 6.12. The van der Waals surface area contributed by atoms with E-state index in [0.717, 1.165) is 35.5 Å². The van der Waals surface area contributed by atoms with Crippen LogP contribution in [0.4, 0.5) is 0 Å². The molecular formula is C19H17ClN2O. The predicted octanol–water partition coefficient (Wildman–Crippen LogP) is 5.54. The molecule has 0 saturated carbocycles. The van der Waals surface area contributed by atoms with Crippen LogP contribution in [0.1, 0.15) is 19.0 Å². The molecule has 0 aliphatic carbocycles. The van der Waals surface area contributed by atoms with Crippen molar-refractivity contribution in [3.8, 4) is 22.8 Å². The Kier molecular flexibility index (Phi) is 4.89. The average molecular weight is 325 g/mol. The van der Waals surface area contributed by atoms with Crippen molar-refractivity contribution in [1.82, 2.24) is 9.97 Å². The van der Waals surface area contributed by atoms with E-state index in [4.69, 9.17) is 16.3 Å². The molecule has 116 valence electrons. The first-order valence-corrected chi connectivity index (χ1v) is 7.98. The van der Waals surface area contributed by atoms with E-state index < -0.39 is 0 Å². The molecule has 0 atom stereocenters. The van der Waals surface area contributed by atoms with Crippen LogP contribution in [-0.4, -0.2) is 9.97 Å². The van der Waals surface area contributed by atoms with E-state index in [9.17, 15) is 0 Å². The van der Waals surface area contributed by atoms with Gasteiger partial charge in [0.05, 0.1) is 17.6 Å². The van der Waals surface area contributed by atoms with E-state index >= 15 is 0 Å². The third-order valence-corrected chi connectivity index (χ3v) is 3.64. The second-order valence-corrected chi connectivity index (χ2v) is 5.64. The first kappa shape index (κ1) is 15.5. The SMILES string of the molecule is CCCc1cnc(-c2ccc(Cl)cc2Oc2ccccc2)cn1. The number of nitrogens with zero attached hydrogens (tertiary/aromatic N) is 2. The van der Waals surface area contributed by atoms with E-state index in [-0.39, 0.29) is 0 Å². The Hall–Kier alpha value is -2.39. The van der Waals surface area contributed by atoms with E-state index in [2.05, 4.69) is 16.9 Å². The number of ether oxygens (including phenoxy) is 1. The van der Waals surface area contributed by atoms with Gasteiger partial charge in [-0.3, -0.25) is 9.97 Å². The topological polar surface area (TPSA) is 35.0 Å². The van der Waals surface area contributed by atoms with Gasteiger partial charge in [-0.15, -0.1) is 0 Å². The summed E-state index contributed by atoms with van der Waals surface area (Å²) in [7, 11) is 0. The van der Waals surface area contributed by atoms with Crippen molar-refractivity contribution < 1.29 is 4.74 Å². The Bertz CT molecular complexity index is 773. The monoisotopic (exact) mass is 324 g/mol. The standard InChI is InChI=1S/C19H17ClN2O/c1-2-6-15-12-22-18(13-21-15)17-10-9-14(20)11-19(17)23-16-7-4-3-5-8-16/h3-5,7-13H,2,6H2,1H3. The second kappa shape index (κ2) is 7.25. The lowest BCUT2D eigenvalue weighted by Crippen LogP contribution is -1.94. The number of rotatable bonds is 5. The molecule has 0 amide bonds. The van der Waals surface area contributed by atoms with Crippen molar-refractivity contribution in [2.45, 2.75) is 19.8 Å². The molecular weight excluding hydrogens is 308 g/mol. The summed E-state index contributed by atoms with van der Waals surface area (Å²) in [5.41, 5.74) is 2.64. The molecule has 1 heterocycles. The van der Waals surface area contributed by atoms with Crippen LogP contribution in [0.15, 0.2) is 60.9 Å². The van der Waals surface area contributed by atoms with E-state index in [1.54, 1.807) is 12.3 Å². The van der Waals surface area contributed by atoms with Crippen LogP contribution in [0.5, 0.6) is 11.5 Å². The van der Waals surface area contributed by atoms with Gasteiger partial charge in [0, 0.05) is 22.8 Å².